The van der Waals surface area contributed by atoms with Gasteiger partial charge < -0.3 is 5.21 Å². The number of nitrogens with zero attached hydrogens (tertiary/aromatic N) is 3. The number of aromatic nitrogens is 3. The van der Waals surface area contributed by atoms with Gasteiger partial charge in [0.15, 0.2) is 0 Å². The van der Waals surface area contributed by atoms with Crippen molar-refractivity contribution in [2.24, 2.45) is 0 Å². The Bertz CT molecular complexity index is 672. The quantitative estimate of drug-likeness (QED) is 0.544. The highest BCUT2D eigenvalue weighted by molar-refractivity contribution is 7.90. The highest BCUT2D eigenvalue weighted by atomic mass is 35.5. The van der Waals surface area contributed by atoms with E-state index in [-0.39, 0.29) is 15.9 Å². The summed E-state index contributed by atoms with van der Waals surface area (Å²) in [5.41, 5.74) is 0.356. The molecular formula is C8H6ClN3O3S. The molecule has 0 fully saturated rings. The maximum absolute atomic E-state index is 11.4. The van der Waals surface area contributed by atoms with E-state index in [1.165, 1.54) is 18.2 Å². The van der Waals surface area contributed by atoms with Gasteiger partial charge in [-0.05, 0) is 17.0 Å². The lowest BCUT2D eigenvalue weighted by Gasteiger charge is -2.00. The van der Waals surface area contributed by atoms with E-state index in [1.54, 1.807) is 0 Å². The fourth-order valence-electron chi connectivity index (χ4n) is 1.16. The van der Waals surface area contributed by atoms with Gasteiger partial charge >= 0.3 is 5.16 Å². The second kappa shape index (κ2) is 3.53. The van der Waals surface area contributed by atoms with Crippen LogP contribution < -0.4 is 4.85 Å². The maximum atomic E-state index is 11.4. The fourth-order valence-corrected chi connectivity index (χ4v) is 1.81. The van der Waals surface area contributed by atoms with Crippen molar-refractivity contribution in [2.75, 3.05) is 6.26 Å². The smallest absolute Gasteiger partial charge is 0.314 e. The Labute approximate surface area is 96.0 Å². The number of benzene rings is 1. The number of hydrogen-bond donors (Lipinski definition) is 0. The van der Waals surface area contributed by atoms with E-state index in [0.29, 0.717) is 5.02 Å². The van der Waals surface area contributed by atoms with Gasteiger partial charge in [0.1, 0.15) is 5.52 Å². The first-order valence-corrected chi connectivity index (χ1v) is 6.42. The van der Waals surface area contributed by atoms with Crippen molar-refractivity contribution in [3.05, 3.63) is 28.4 Å². The van der Waals surface area contributed by atoms with E-state index in [0.717, 1.165) is 6.26 Å². The molecule has 0 bridgehead atoms. The molecule has 1 heterocycles. The molecule has 0 aliphatic heterocycles. The van der Waals surface area contributed by atoms with Crippen LogP contribution in [0.4, 0.5) is 0 Å². The molecule has 0 amide bonds. The summed E-state index contributed by atoms with van der Waals surface area (Å²) in [5, 5.41) is 14.6. The van der Waals surface area contributed by atoms with Crippen LogP contribution >= 0.6 is 11.6 Å². The Morgan fingerprint density at radius 3 is 2.75 bits per heavy atom. The van der Waals surface area contributed by atoms with Crippen molar-refractivity contribution in [3.63, 3.8) is 0 Å². The molecule has 2 rings (SSSR count). The zero-order chi connectivity index (χ0) is 11.9. The summed E-state index contributed by atoms with van der Waals surface area (Å²) < 4.78 is 22.4. The zero-order valence-corrected chi connectivity index (χ0v) is 9.66. The van der Waals surface area contributed by atoms with Crippen LogP contribution in [0.3, 0.4) is 0 Å². The van der Waals surface area contributed by atoms with Crippen LogP contribution in [-0.2, 0) is 9.84 Å². The van der Waals surface area contributed by atoms with E-state index in [1.807, 2.05) is 0 Å². The van der Waals surface area contributed by atoms with Crippen molar-refractivity contribution in [1.82, 2.24) is 10.1 Å². The van der Waals surface area contributed by atoms with Crippen LogP contribution in [0.2, 0.25) is 5.02 Å². The molecule has 0 N–H and O–H groups in total. The van der Waals surface area contributed by atoms with Gasteiger partial charge in [0.2, 0.25) is 9.84 Å². The summed E-state index contributed by atoms with van der Waals surface area (Å²) in [5.74, 6) is 0. The molecular weight excluding hydrogens is 254 g/mol. The van der Waals surface area contributed by atoms with Gasteiger partial charge in [0, 0.05) is 22.4 Å². The molecule has 0 saturated carbocycles. The molecule has 0 radical (unpaired) electrons. The molecule has 84 valence electrons. The summed E-state index contributed by atoms with van der Waals surface area (Å²) in [7, 11) is -3.60. The second-order valence-electron chi connectivity index (χ2n) is 3.17. The van der Waals surface area contributed by atoms with Gasteiger partial charge in [0.25, 0.3) is 5.52 Å². The predicted octanol–water partition coefficient (Wildman–Crippen LogP) is 0.320. The lowest BCUT2D eigenvalue weighted by atomic mass is 10.3. The third-order valence-corrected chi connectivity index (χ3v) is 2.94. The molecule has 6 nitrogen and oxygen atoms in total. The van der Waals surface area contributed by atoms with Crippen LogP contribution in [-0.4, -0.2) is 24.8 Å². The lowest BCUT2D eigenvalue weighted by molar-refractivity contribution is -0.647. The molecule has 0 aliphatic carbocycles. The van der Waals surface area contributed by atoms with Gasteiger partial charge in [-0.25, -0.2) is 13.4 Å². The predicted molar refractivity (Wildman–Crippen MR) is 56.6 cm³/mol. The SMILES string of the molecule is CS(=O)(=O)c1nc2ccc(Cl)cc2[n+]([O-])n1. The minimum Gasteiger partial charge on any atom is -0.594 e. The van der Waals surface area contributed by atoms with Crippen LogP contribution in [0.15, 0.2) is 23.4 Å². The third-order valence-electron chi connectivity index (χ3n) is 1.87. The van der Waals surface area contributed by atoms with E-state index < -0.39 is 15.0 Å². The Morgan fingerprint density at radius 1 is 1.44 bits per heavy atom. The summed E-state index contributed by atoms with van der Waals surface area (Å²) in [6, 6.07) is 4.35. The molecule has 0 aliphatic rings. The third kappa shape index (κ3) is 1.91. The van der Waals surface area contributed by atoms with Crippen molar-refractivity contribution < 1.29 is 13.3 Å². The number of fused-ring (bicyclic) bond motifs is 1. The number of sulfone groups is 1. The first-order valence-electron chi connectivity index (χ1n) is 4.15. The van der Waals surface area contributed by atoms with E-state index in [2.05, 4.69) is 10.1 Å². The van der Waals surface area contributed by atoms with Gasteiger partial charge in [0.05, 0.1) is 0 Å². The van der Waals surface area contributed by atoms with Gasteiger partial charge in [-0.1, -0.05) is 11.6 Å². The van der Waals surface area contributed by atoms with E-state index >= 15 is 0 Å². The Morgan fingerprint density at radius 2 is 2.12 bits per heavy atom. The van der Waals surface area contributed by atoms with Crippen molar-refractivity contribution in [2.45, 2.75) is 5.16 Å². The van der Waals surface area contributed by atoms with Crippen molar-refractivity contribution in [3.8, 4) is 0 Å². The Kier molecular flexibility index (Phi) is 2.43. The molecule has 16 heavy (non-hydrogen) atoms. The number of hydrogen-bond acceptors (Lipinski definition) is 5. The second-order valence-corrected chi connectivity index (χ2v) is 5.52. The first-order chi connectivity index (χ1) is 7.38. The lowest BCUT2D eigenvalue weighted by Crippen LogP contribution is -2.34. The minimum atomic E-state index is -3.60. The zero-order valence-electron chi connectivity index (χ0n) is 8.08. The molecule has 1 aromatic carbocycles. The normalized spacial score (nSPS) is 11.9. The average molecular weight is 260 g/mol. The maximum Gasteiger partial charge on any atom is 0.314 e. The Balaban J connectivity index is 2.84. The fraction of sp³-hybridized carbons (Fsp3) is 0.125. The van der Waals surface area contributed by atoms with E-state index in [4.69, 9.17) is 11.6 Å². The molecule has 0 atom stereocenters. The van der Waals surface area contributed by atoms with Crippen molar-refractivity contribution >= 4 is 32.5 Å². The highest BCUT2D eigenvalue weighted by Crippen LogP contribution is 2.15. The largest absolute Gasteiger partial charge is 0.594 e. The molecule has 8 heteroatoms. The summed E-state index contributed by atoms with van der Waals surface area (Å²) >= 11 is 5.69. The topological polar surface area (TPSA) is 86.9 Å². The van der Waals surface area contributed by atoms with Crippen LogP contribution in [0.1, 0.15) is 0 Å². The van der Waals surface area contributed by atoms with E-state index in [9.17, 15) is 13.6 Å². The Hall–Kier alpha value is -1.47. The summed E-state index contributed by atoms with van der Waals surface area (Å²) in [6.45, 7) is 0. The number of halogens is 1. The van der Waals surface area contributed by atoms with Gasteiger partial charge in [-0.3, -0.25) is 0 Å². The molecule has 1 aromatic heterocycles. The molecule has 0 unspecified atom stereocenters. The number of rotatable bonds is 1. The van der Waals surface area contributed by atoms with Crippen LogP contribution in [0, 0.1) is 5.21 Å². The average Bonchev–Trinajstić information content (AvgIpc) is 2.17. The standard InChI is InChI=1S/C8H6ClN3O3S/c1-16(14,15)8-10-6-3-2-5(9)4-7(6)12(13)11-8/h2-4H,1H3. The molecule has 0 saturated heterocycles. The minimum absolute atomic E-state index is 0.125. The van der Waals surface area contributed by atoms with Crippen molar-refractivity contribution in [1.29, 1.82) is 0 Å². The summed E-state index contributed by atoms with van der Waals surface area (Å²) in [6.07, 6.45) is 0.935. The summed E-state index contributed by atoms with van der Waals surface area (Å²) in [4.78, 5) is 3.97. The van der Waals surface area contributed by atoms with Crippen LogP contribution in [0.25, 0.3) is 11.0 Å². The molecule has 2 aromatic rings. The van der Waals surface area contributed by atoms with Gasteiger partial charge in [-0.2, -0.15) is 0 Å². The highest BCUT2D eigenvalue weighted by Gasteiger charge is 2.18. The monoisotopic (exact) mass is 259 g/mol. The molecule has 0 spiro atoms. The van der Waals surface area contributed by atoms with Gasteiger partial charge in [-0.15, -0.1) is 0 Å². The van der Waals surface area contributed by atoms with Crippen LogP contribution in [0.5, 0.6) is 0 Å². The first kappa shape index (κ1) is 11.0.